The van der Waals surface area contributed by atoms with Gasteiger partial charge in [0.15, 0.2) is 11.4 Å². The highest BCUT2D eigenvalue weighted by atomic mass is 15.0. The minimum atomic E-state index is 0.549. The van der Waals surface area contributed by atoms with Crippen molar-refractivity contribution in [1.82, 2.24) is 9.13 Å². The summed E-state index contributed by atoms with van der Waals surface area (Å²) in [5.41, 5.74) is 11.4. The van der Waals surface area contributed by atoms with Gasteiger partial charge < -0.3 is 9.13 Å². The van der Waals surface area contributed by atoms with E-state index in [1.165, 1.54) is 0 Å². The van der Waals surface area contributed by atoms with Crippen molar-refractivity contribution < 1.29 is 0 Å². The molecule has 0 aliphatic heterocycles. The second kappa shape index (κ2) is 11.4. The molecule has 0 radical (unpaired) electrons. The minimum Gasteiger partial charge on any atom is -0.319 e. The van der Waals surface area contributed by atoms with Crippen molar-refractivity contribution in [2.75, 3.05) is 0 Å². The van der Waals surface area contributed by atoms with E-state index < -0.39 is 0 Å². The van der Waals surface area contributed by atoms with Crippen LogP contribution < -0.4 is 0 Å². The Hall–Kier alpha value is -7.39. The van der Waals surface area contributed by atoms with Crippen LogP contribution in [0.5, 0.6) is 0 Å². The van der Waals surface area contributed by atoms with Crippen LogP contribution in [0.4, 0.5) is 17.1 Å². The lowest BCUT2D eigenvalue weighted by Crippen LogP contribution is -1.97. The Balaban J connectivity index is 1.20. The number of hydrogen-bond donors (Lipinski definition) is 0. The van der Waals surface area contributed by atoms with Gasteiger partial charge in [-0.1, -0.05) is 109 Å². The third-order valence-electron chi connectivity index (χ3n) is 9.59. The Morgan fingerprint density at radius 3 is 1.46 bits per heavy atom. The summed E-state index contributed by atoms with van der Waals surface area (Å²) in [6, 6.07) is 50.9. The van der Waals surface area contributed by atoms with Crippen LogP contribution in [0.15, 0.2) is 152 Å². The zero-order valence-corrected chi connectivity index (χ0v) is 26.7. The molecule has 0 saturated heterocycles. The van der Waals surface area contributed by atoms with Gasteiger partial charge in [-0.2, -0.15) is 0 Å². The molecule has 0 atom stereocenters. The molecule has 0 fully saturated rings. The lowest BCUT2D eigenvalue weighted by atomic mass is 9.97. The van der Waals surface area contributed by atoms with Gasteiger partial charge in [-0.25, -0.2) is 14.5 Å². The fourth-order valence-corrected chi connectivity index (χ4v) is 7.38. The summed E-state index contributed by atoms with van der Waals surface area (Å²) in [7, 11) is 0. The summed E-state index contributed by atoms with van der Waals surface area (Å²) in [6.45, 7) is 23.7. The van der Waals surface area contributed by atoms with Crippen molar-refractivity contribution in [3.05, 3.63) is 186 Å². The second-order valence-electron chi connectivity index (χ2n) is 12.2. The summed E-state index contributed by atoms with van der Waals surface area (Å²) < 4.78 is 4.40. The second-order valence-corrected chi connectivity index (χ2v) is 12.2. The summed E-state index contributed by atoms with van der Waals surface area (Å²) in [4.78, 5) is 11.6. The number of benzene rings is 7. The molecule has 0 unspecified atom stereocenters. The van der Waals surface area contributed by atoms with Gasteiger partial charge in [0.1, 0.15) is 0 Å². The van der Waals surface area contributed by atoms with Crippen molar-refractivity contribution in [2.45, 2.75) is 0 Å². The van der Waals surface area contributed by atoms with Crippen LogP contribution in [0.2, 0.25) is 0 Å². The topological polar surface area (TPSA) is 22.9 Å². The van der Waals surface area contributed by atoms with Gasteiger partial charge in [-0.15, -0.1) is 0 Å². The lowest BCUT2D eigenvalue weighted by Gasteiger charge is -2.16. The van der Waals surface area contributed by atoms with Crippen LogP contribution >= 0.6 is 0 Å². The first-order valence-electron chi connectivity index (χ1n) is 16.2. The number of nitrogens with zero attached hydrogens (tertiary/aromatic N) is 5. The molecule has 0 amide bonds. The number of para-hydroxylation sites is 4. The Morgan fingerprint density at radius 1 is 0.360 bits per heavy atom. The van der Waals surface area contributed by atoms with E-state index in [1.807, 2.05) is 78.9 Å². The van der Waals surface area contributed by atoms with Gasteiger partial charge in [-0.05, 0) is 64.5 Å². The molecule has 0 spiro atoms. The molecule has 2 aromatic heterocycles. The normalized spacial score (nSPS) is 11.1. The first-order chi connectivity index (χ1) is 24.7. The predicted molar refractivity (Wildman–Crippen MR) is 205 cm³/mol. The molecule has 0 aliphatic carbocycles. The maximum atomic E-state index is 8.34. The zero-order valence-electron chi connectivity index (χ0n) is 26.7. The largest absolute Gasteiger partial charge is 0.319 e. The van der Waals surface area contributed by atoms with Crippen LogP contribution in [-0.2, 0) is 0 Å². The van der Waals surface area contributed by atoms with Crippen molar-refractivity contribution in [1.29, 1.82) is 0 Å². The monoisotopic (exact) mass is 635 g/mol. The molecule has 5 heteroatoms. The molecule has 230 valence electrons. The Labute approximate surface area is 288 Å². The molecule has 7 aromatic carbocycles. The first-order valence-corrected chi connectivity index (χ1v) is 16.2. The summed E-state index contributed by atoms with van der Waals surface area (Å²) in [6.07, 6.45) is 0. The molecule has 0 aliphatic rings. The molecular formula is C45H25N5. The standard InChI is InChI=1S/C45H25N5/c1-46-31-24-26-42-38(27-31)37-13-6-9-17-41(37)50(42)44-28-32(47-2)23-25-33(44)29-19-21-30(22-20-29)34-14-10-18-43(45(34)48-3)49-39-15-7-4-11-35(39)36-12-5-8-16-40(36)49/h4-28H. The molecule has 2 heterocycles. The summed E-state index contributed by atoms with van der Waals surface area (Å²) in [5.74, 6) is 0. The van der Waals surface area contributed by atoms with Gasteiger partial charge in [0.05, 0.1) is 47.5 Å². The van der Waals surface area contributed by atoms with Crippen molar-refractivity contribution >= 4 is 60.7 Å². The number of hydrogen-bond acceptors (Lipinski definition) is 0. The van der Waals surface area contributed by atoms with Crippen LogP contribution in [0.25, 0.3) is 91.8 Å². The predicted octanol–water partition coefficient (Wildman–Crippen LogP) is 12.9. The van der Waals surface area contributed by atoms with E-state index in [-0.39, 0.29) is 0 Å². The third kappa shape index (κ3) is 4.31. The molecule has 0 saturated carbocycles. The van der Waals surface area contributed by atoms with E-state index in [2.05, 4.69) is 96.5 Å². The van der Waals surface area contributed by atoms with Gasteiger partial charge in [0.25, 0.3) is 0 Å². The Bertz CT molecular complexity index is 2900. The van der Waals surface area contributed by atoms with Gasteiger partial charge >= 0.3 is 0 Å². The minimum absolute atomic E-state index is 0.549. The van der Waals surface area contributed by atoms with E-state index in [1.54, 1.807) is 0 Å². The molecule has 9 aromatic rings. The van der Waals surface area contributed by atoms with Crippen LogP contribution in [0.3, 0.4) is 0 Å². The van der Waals surface area contributed by atoms with Crippen molar-refractivity contribution in [3.63, 3.8) is 0 Å². The van der Waals surface area contributed by atoms with E-state index in [0.29, 0.717) is 17.1 Å². The van der Waals surface area contributed by atoms with E-state index in [4.69, 9.17) is 19.7 Å². The molecular weight excluding hydrogens is 611 g/mol. The van der Waals surface area contributed by atoms with Crippen molar-refractivity contribution in [2.24, 2.45) is 0 Å². The molecule has 5 nitrogen and oxygen atoms in total. The SMILES string of the molecule is [C-]#[N+]c1ccc(-c2ccc(-c3cccc(-n4c5ccccc5c5ccccc54)c3[N+]#[C-])cc2)c(-n2c3ccccc3c3cc([N+]#[C-])ccc32)c1. The highest BCUT2D eigenvalue weighted by Gasteiger charge is 2.19. The van der Waals surface area contributed by atoms with Gasteiger partial charge in [0.2, 0.25) is 5.69 Å². The third-order valence-corrected chi connectivity index (χ3v) is 9.59. The summed E-state index contributed by atoms with van der Waals surface area (Å²) in [5, 5.41) is 4.36. The maximum absolute atomic E-state index is 8.34. The van der Waals surface area contributed by atoms with E-state index >= 15 is 0 Å². The van der Waals surface area contributed by atoms with Gasteiger partial charge in [-0.3, -0.25) is 0 Å². The molecule has 0 bridgehead atoms. The Kier molecular flexibility index (Phi) is 6.56. The van der Waals surface area contributed by atoms with E-state index in [9.17, 15) is 0 Å². The van der Waals surface area contributed by atoms with Crippen molar-refractivity contribution in [3.8, 4) is 33.6 Å². The highest BCUT2D eigenvalue weighted by molar-refractivity contribution is 6.11. The Morgan fingerprint density at radius 2 is 0.860 bits per heavy atom. The maximum Gasteiger partial charge on any atom is 0.218 e. The first kappa shape index (κ1) is 28.8. The fourth-order valence-electron chi connectivity index (χ4n) is 7.38. The average molecular weight is 636 g/mol. The number of fused-ring (bicyclic) bond motifs is 6. The molecule has 50 heavy (non-hydrogen) atoms. The quantitative estimate of drug-likeness (QED) is 0.172. The highest BCUT2D eigenvalue weighted by Crippen LogP contribution is 2.42. The van der Waals surface area contributed by atoms with Crippen LogP contribution in [0.1, 0.15) is 0 Å². The number of aromatic nitrogens is 2. The fraction of sp³-hybridized carbons (Fsp3) is 0. The van der Waals surface area contributed by atoms with Crippen LogP contribution in [-0.4, -0.2) is 9.13 Å². The number of rotatable bonds is 4. The van der Waals surface area contributed by atoms with Gasteiger partial charge in [0, 0.05) is 27.4 Å². The molecule has 0 N–H and O–H groups in total. The van der Waals surface area contributed by atoms with Crippen LogP contribution in [0, 0.1) is 19.7 Å². The average Bonchev–Trinajstić information content (AvgIpc) is 3.70. The van der Waals surface area contributed by atoms with E-state index in [0.717, 1.165) is 77.2 Å². The zero-order chi connectivity index (χ0) is 33.8. The summed E-state index contributed by atoms with van der Waals surface area (Å²) >= 11 is 0. The lowest BCUT2D eigenvalue weighted by molar-refractivity contribution is 1.18. The molecule has 9 rings (SSSR count). The smallest absolute Gasteiger partial charge is 0.218 e.